The molecule has 0 saturated heterocycles. The quantitative estimate of drug-likeness (QED) is 0.910. The van der Waals surface area contributed by atoms with Crippen molar-refractivity contribution in [1.29, 1.82) is 0 Å². The number of amides is 1. The average molecular weight is 314 g/mol. The summed E-state index contributed by atoms with van der Waals surface area (Å²) >= 11 is 0. The SMILES string of the molecule is C[C@H]1CCc2onc(C(=O)NC3C4CC5CC(C4)CC3C5)c2C1. The summed E-state index contributed by atoms with van der Waals surface area (Å²) in [5.74, 6) is 4.86. The molecular formula is C19H26N2O2. The second-order valence-electron chi connectivity index (χ2n) is 8.71. The first-order valence-electron chi connectivity index (χ1n) is 9.45. The van der Waals surface area contributed by atoms with Crippen LogP contribution in [0.15, 0.2) is 4.52 Å². The summed E-state index contributed by atoms with van der Waals surface area (Å²) in [5.41, 5.74) is 1.64. The number of carbonyl (C=O) groups is 1. The van der Waals surface area contributed by atoms with Gasteiger partial charge in [-0.05, 0) is 74.5 Å². The second-order valence-corrected chi connectivity index (χ2v) is 8.71. The minimum atomic E-state index is 0.0153. The van der Waals surface area contributed by atoms with E-state index < -0.39 is 0 Å². The molecule has 4 fully saturated rings. The van der Waals surface area contributed by atoms with E-state index in [9.17, 15) is 4.79 Å². The molecule has 5 aliphatic carbocycles. The fraction of sp³-hybridized carbons (Fsp3) is 0.789. The van der Waals surface area contributed by atoms with Gasteiger partial charge in [-0.15, -0.1) is 0 Å². The van der Waals surface area contributed by atoms with Crippen molar-refractivity contribution in [2.24, 2.45) is 29.6 Å². The van der Waals surface area contributed by atoms with Crippen LogP contribution >= 0.6 is 0 Å². The van der Waals surface area contributed by atoms with Crippen LogP contribution in [0.1, 0.15) is 67.3 Å². The highest BCUT2D eigenvalue weighted by Gasteiger charge is 2.48. The third-order valence-electron chi connectivity index (χ3n) is 7.03. The molecule has 1 amide bonds. The van der Waals surface area contributed by atoms with E-state index in [0.717, 1.165) is 42.4 Å². The number of nitrogens with zero attached hydrogens (tertiary/aromatic N) is 1. The molecule has 0 radical (unpaired) electrons. The van der Waals surface area contributed by atoms with Gasteiger partial charge in [0.05, 0.1) is 0 Å². The molecule has 1 aromatic heterocycles. The molecule has 4 heteroatoms. The lowest BCUT2D eigenvalue weighted by molar-refractivity contribution is -0.0120. The van der Waals surface area contributed by atoms with Crippen molar-refractivity contribution in [1.82, 2.24) is 10.5 Å². The molecule has 5 aliphatic rings. The van der Waals surface area contributed by atoms with E-state index in [1.165, 1.54) is 32.1 Å². The van der Waals surface area contributed by atoms with Gasteiger partial charge in [0.1, 0.15) is 5.76 Å². The van der Waals surface area contributed by atoms with Crippen molar-refractivity contribution in [3.05, 3.63) is 17.0 Å². The Morgan fingerprint density at radius 3 is 2.52 bits per heavy atom. The normalized spacial score (nSPS) is 40.9. The fourth-order valence-electron chi connectivity index (χ4n) is 6.14. The Morgan fingerprint density at radius 2 is 1.83 bits per heavy atom. The van der Waals surface area contributed by atoms with Crippen LogP contribution in [-0.4, -0.2) is 17.1 Å². The predicted molar refractivity (Wildman–Crippen MR) is 86.0 cm³/mol. The summed E-state index contributed by atoms with van der Waals surface area (Å²) in [4.78, 5) is 12.8. The maximum absolute atomic E-state index is 12.8. The van der Waals surface area contributed by atoms with Gasteiger partial charge in [-0.2, -0.15) is 0 Å². The molecular weight excluding hydrogens is 288 g/mol. The zero-order valence-electron chi connectivity index (χ0n) is 13.9. The first-order valence-corrected chi connectivity index (χ1v) is 9.45. The Kier molecular flexibility index (Phi) is 3.11. The van der Waals surface area contributed by atoms with Crippen molar-refractivity contribution in [2.75, 3.05) is 0 Å². The van der Waals surface area contributed by atoms with Crippen LogP contribution in [0.25, 0.3) is 0 Å². The Balaban J connectivity index is 1.35. The van der Waals surface area contributed by atoms with Gasteiger partial charge >= 0.3 is 0 Å². The predicted octanol–water partition coefficient (Wildman–Crippen LogP) is 3.35. The first kappa shape index (κ1) is 14.1. The van der Waals surface area contributed by atoms with E-state index in [4.69, 9.17) is 4.52 Å². The highest BCUT2D eigenvalue weighted by atomic mass is 16.5. The van der Waals surface area contributed by atoms with Crippen molar-refractivity contribution < 1.29 is 9.32 Å². The molecule has 4 saturated carbocycles. The molecule has 0 aromatic carbocycles. The highest BCUT2D eigenvalue weighted by molar-refractivity contribution is 5.94. The van der Waals surface area contributed by atoms with Gasteiger partial charge in [-0.25, -0.2) is 0 Å². The van der Waals surface area contributed by atoms with E-state index in [0.29, 0.717) is 29.5 Å². The summed E-state index contributed by atoms with van der Waals surface area (Å²) in [6, 6.07) is 0.378. The summed E-state index contributed by atoms with van der Waals surface area (Å²) in [6.45, 7) is 2.25. The summed E-state index contributed by atoms with van der Waals surface area (Å²) in [7, 11) is 0. The van der Waals surface area contributed by atoms with Crippen LogP contribution in [0.3, 0.4) is 0 Å². The van der Waals surface area contributed by atoms with E-state index in [1.54, 1.807) is 0 Å². The summed E-state index contributed by atoms with van der Waals surface area (Å²) < 4.78 is 5.45. The Bertz CT molecular complexity index is 607. The molecule has 1 heterocycles. The largest absolute Gasteiger partial charge is 0.360 e. The monoisotopic (exact) mass is 314 g/mol. The van der Waals surface area contributed by atoms with E-state index in [-0.39, 0.29) is 5.91 Å². The summed E-state index contributed by atoms with van der Waals surface area (Å²) in [5, 5.41) is 7.50. The molecule has 4 bridgehead atoms. The van der Waals surface area contributed by atoms with E-state index in [1.807, 2.05) is 0 Å². The molecule has 23 heavy (non-hydrogen) atoms. The van der Waals surface area contributed by atoms with Crippen LogP contribution in [-0.2, 0) is 12.8 Å². The third kappa shape index (κ3) is 2.25. The standard InChI is InChI=1S/C19H26N2O2/c1-10-2-3-16-15(4-10)18(21-23-16)19(22)20-17-13-6-11-5-12(8-13)9-14(17)7-11/h10-14,17H,2-9H2,1H3,(H,20,22)/t10-,11?,12?,13?,14?,17?/m0/s1. The number of aryl methyl sites for hydroxylation is 1. The fourth-order valence-corrected chi connectivity index (χ4v) is 6.14. The van der Waals surface area contributed by atoms with Gasteiger partial charge in [0.15, 0.2) is 5.69 Å². The smallest absolute Gasteiger partial charge is 0.274 e. The number of carbonyl (C=O) groups excluding carboxylic acids is 1. The maximum Gasteiger partial charge on any atom is 0.274 e. The van der Waals surface area contributed by atoms with E-state index in [2.05, 4.69) is 17.4 Å². The van der Waals surface area contributed by atoms with Gasteiger partial charge in [-0.1, -0.05) is 12.1 Å². The number of hydrogen-bond donors (Lipinski definition) is 1. The molecule has 124 valence electrons. The zero-order valence-corrected chi connectivity index (χ0v) is 13.9. The molecule has 0 aliphatic heterocycles. The second kappa shape index (κ2) is 5.09. The molecule has 6 rings (SSSR count). The highest BCUT2D eigenvalue weighted by Crippen LogP contribution is 2.53. The first-order chi connectivity index (χ1) is 11.2. The molecule has 0 unspecified atom stereocenters. The number of rotatable bonds is 2. The number of aromatic nitrogens is 1. The van der Waals surface area contributed by atoms with E-state index >= 15 is 0 Å². The lowest BCUT2D eigenvalue weighted by Gasteiger charge is -2.54. The average Bonchev–Trinajstić information content (AvgIpc) is 2.93. The molecule has 0 spiro atoms. The van der Waals surface area contributed by atoms with Crippen LogP contribution < -0.4 is 5.32 Å². The minimum Gasteiger partial charge on any atom is -0.360 e. The topological polar surface area (TPSA) is 55.1 Å². The lowest BCUT2D eigenvalue weighted by atomic mass is 9.54. The zero-order chi connectivity index (χ0) is 15.6. The van der Waals surface area contributed by atoms with Gasteiger partial charge < -0.3 is 9.84 Å². The van der Waals surface area contributed by atoms with Crippen molar-refractivity contribution in [2.45, 2.75) is 64.3 Å². The van der Waals surface area contributed by atoms with Gasteiger partial charge in [0.25, 0.3) is 5.91 Å². The molecule has 1 atom stereocenters. The number of hydrogen-bond acceptors (Lipinski definition) is 3. The Hall–Kier alpha value is -1.32. The number of nitrogens with one attached hydrogen (secondary N) is 1. The molecule has 1 N–H and O–H groups in total. The Labute approximate surface area is 137 Å². The van der Waals surface area contributed by atoms with Crippen LogP contribution in [0.4, 0.5) is 0 Å². The van der Waals surface area contributed by atoms with Crippen LogP contribution in [0, 0.1) is 29.6 Å². The third-order valence-corrected chi connectivity index (χ3v) is 7.03. The maximum atomic E-state index is 12.8. The number of fused-ring (bicyclic) bond motifs is 1. The lowest BCUT2D eigenvalue weighted by Crippen LogP contribution is -2.55. The van der Waals surface area contributed by atoms with Gasteiger partial charge in [-0.3, -0.25) is 4.79 Å². The summed E-state index contributed by atoms with van der Waals surface area (Å²) in [6.07, 6.45) is 9.74. The Morgan fingerprint density at radius 1 is 1.13 bits per heavy atom. The van der Waals surface area contributed by atoms with Crippen molar-refractivity contribution in [3.63, 3.8) is 0 Å². The van der Waals surface area contributed by atoms with Crippen molar-refractivity contribution in [3.8, 4) is 0 Å². The van der Waals surface area contributed by atoms with Crippen molar-refractivity contribution >= 4 is 5.91 Å². The van der Waals surface area contributed by atoms with Gasteiger partial charge in [0.2, 0.25) is 0 Å². The van der Waals surface area contributed by atoms with Crippen LogP contribution in [0.2, 0.25) is 0 Å². The van der Waals surface area contributed by atoms with Crippen LogP contribution in [0.5, 0.6) is 0 Å². The van der Waals surface area contributed by atoms with Gasteiger partial charge in [0, 0.05) is 18.0 Å². The molecule has 4 nitrogen and oxygen atoms in total. The molecule has 1 aromatic rings. The minimum absolute atomic E-state index is 0.0153.